The van der Waals surface area contributed by atoms with Gasteiger partial charge in [-0.2, -0.15) is 0 Å². The number of nitrogens with zero attached hydrogens (tertiary/aromatic N) is 1. The van der Waals surface area contributed by atoms with E-state index in [0.717, 1.165) is 23.2 Å². The van der Waals surface area contributed by atoms with Gasteiger partial charge in [-0.05, 0) is 54.4 Å². The van der Waals surface area contributed by atoms with Crippen LogP contribution in [0.25, 0.3) is 0 Å². The molecule has 0 aliphatic carbocycles. The summed E-state index contributed by atoms with van der Waals surface area (Å²) < 4.78 is 38.1. The van der Waals surface area contributed by atoms with Crippen molar-refractivity contribution < 1.29 is 22.8 Å². The summed E-state index contributed by atoms with van der Waals surface area (Å²) in [5.41, 5.74) is 3.00. The number of hydrogen-bond acceptors (Lipinski definition) is 4. The maximum absolute atomic E-state index is 12.4. The fourth-order valence-electron chi connectivity index (χ4n) is 3.58. The lowest BCUT2D eigenvalue weighted by atomic mass is 9.85. The Kier molecular flexibility index (Phi) is 7.32. The molecule has 1 aliphatic rings. The molecular formula is C19H23Cl2N2O5PS. The minimum atomic E-state index is -4.14. The minimum absolute atomic E-state index is 0.00270. The topological polar surface area (TPSA) is 107 Å². The minimum Gasteiger partial charge on any atom is -0.324 e. The molecule has 0 aromatic heterocycles. The lowest BCUT2D eigenvalue weighted by Crippen LogP contribution is -2.31. The summed E-state index contributed by atoms with van der Waals surface area (Å²) in [6.45, 7) is 1.41. The molecule has 0 saturated heterocycles. The Morgan fingerprint density at radius 1 is 1.20 bits per heavy atom. The molecule has 30 heavy (non-hydrogen) atoms. The molecule has 1 unspecified atom stereocenters. The third kappa shape index (κ3) is 5.84. The largest absolute Gasteiger partial charge is 0.325 e. The van der Waals surface area contributed by atoms with Crippen LogP contribution in [0.2, 0.25) is 10.0 Å². The van der Waals surface area contributed by atoms with Gasteiger partial charge in [-0.25, -0.2) is 13.1 Å². The van der Waals surface area contributed by atoms with Crippen molar-refractivity contribution in [3.8, 4) is 0 Å². The van der Waals surface area contributed by atoms with Crippen LogP contribution >= 0.6 is 30.8 Å². The van der Waals surface area contributed by atoms with Gasteiger partial charge in [-0.15, -0.1) is 0 Å². The monoisotopic (exact) mass is 492 g/mol. The fourth-order valence-corrected chi connectivity index (χ4v) is 5.80. The second kappa shape index (κ2) is 9.27. The van der Waals surface area contributed by atoms with Crippen molar-refractivity contribution in [2.45, 2.75) is 23.8 Å². The van der Waals surface area contributed by atoms with Gasteiger partial charge in [0.25, 0.3) is 0 Å². The molecule has 0 saturated carbocycles. The van der Waals surface area contributed by atoms with Gasteiger partial charge in [-0.1, -0.05) is 35.3 Å². The van der Waals surface area contributed by atoms with Crippen LogP contribution in [-0.4, -0.2) is 49.4 Å². The average Bonchev–Trinajstić information content (AvgIpc) is 2.65. The Balaban J connectivity index is 1.79. The lowest BCUT2D eigenvalue weighted by molar-refractivity contribution is 0.295. The van der Waals surface area contributed by atoms with Crippen molar-refractivity contribution in [3.05, 3.63) is 63.1 Å². The second-order valence-electron chi connectivity index (χ2n) is 7.41. The third-order valence-corrected chi connectivity index (χ3v) is 7.93. The van der Waals surface area contributed by atoms with Crippen LogP contribution in [0.1, 0.15) is 29.0 Å². The van der Waals surface area contributed by atoms with Gasteiger partial charge in [-0.3, -0.25) is 4.57 Å². The van der Waals surface area contributed by atoms with Crippen LogP contribution in [0.5, 0.6) is 0 Å². The van der Waals surface area contributed by atoms with Gasteiger partial charge in [0.2, 0.25) is 10.0 Å². The van der Waals surface area contributed by atoms with Crippen molar-refractivity contribution in [2.24, 2.45) is 0 Å². The summed E-state index contributed by atoms with van der Waals surface area (Å²) in [6, 6.07) is 10.2. The smallest absolute Gasteiger partial charge is 0.324 e. The first kappa shape index (κ1) is 23.7. The molecular weight excluding hydrogens is 470 g/mol. The molecule has 1 aliphatic heterocycles. The maximum atomic E-state index is 12.4. The summed E-state index contributed by atoms with van der Waals surface area (Å²) in [6.07, 6.45) is -0.317. The molecule has 1 atom stereocenters. The first-order valence-electron chi connectivity index (χ1n) is 9.27. The van der Waals surface area contributed by atoms with Gasteiger partial charge in [0.1, 0.15) is 0 Å². The SMILES string of the molecule is CN1Cc2c(Cl)cc(Cl)cc2C(c2ccc(S(=O)(=O)NCCCP(=O)(O)O)cc2)C1. The summed E-state index contributed by atoms with van der Waals surface area (Å²) in [4.78, 5) is 20.0. The molecule has 0 radical (unpaired) electrons. The van der Waals surface area contributed by atoms with E-state index in [1.54, 1.807) is 18.2 Å². The second-order valence-corrected chi connectivity index (χ2v) is 11.8. The molecule has 3 N–H and O–H groups in total. The van der Waals surface area contributed by atoms with Gasteiger partial charge >= 0.3 is 7.60 Å². The van der Waals surface area contributed by atoms with E-state index in [9.17, 15) is 13.0 Å². The molecule has 0 fully saturated rings. The summed E-state index contributed by atoms with van der Waals surface area (Å²) in [5.74, 6) is 0.00270. The summed E-state index contributed by atoms with van der Waals surface area (Å²) in [7, 11) is -5.90. The Morgan fingerprint density at radius 2 is 1.87 bits per heavy atom. The van der Waals surface area contributed by atoms with E-state index in [1.807, 2.05) is 13.1 Å². The quantitative estimate of drug-likeness (QED) is 0.403. The van der Waals surface area contributed by atoms with Crippen molar-refractivity contribution in [3.63, 3.8) is 0 Å². The van der Waals surface area contributed by atoms with E-state index in [0.29, 0.717) is 16.6 Å². The van der Waals surface area contributed by atoms with E-state index in [2.05, 4.69) is 9.62 Å². The molecule has 1 heterocycles. The van der Waals surface area contributed by atoms with Gasteiger partial charge in [0.05, 0.1) is 11.1 Å². The number of likely N-dealkylation sites (N-methyl/N-ethyl adjacent to an activating group) is 1. The summed E-state index contributed by atoms with van der Waals surface area (Å²) in [5, 5.41) is 1.18. The van der Waals surface area contributed by atoms with E-state index < -0.39 is 17.6 Å². The van der Waals surface area contributed by atoms with Crippen molar-refractivity contribution in [1.29, 1.82) is 0 Å². The van der Waals surface area contributed by atoms with Crippen molar-refractivity contribution in [2.75, 3.05) is 26.3 Å². The van der Waals surface area contributed by atoms with Crippen LogP contribution in [0.3, 0.4) is 0 Å². The summed E-state index contributed by atoms with van der Waals surface area (Å²) >= 11 is 12.6. The molecule has 2 aromatic rings. The first-order valence-corrected chi connectivity index (χ1v) is 13.3. The Hall–Kier alpha value is -0.960. The number of nitrogens with one attached hydrogen (secondary N) is 1. The maximum Gasteiger partial charge on any atom is 0.325 e. The van der Waals surface area contributed by atoms with Gasteiger partial charge < -0.3 is 14.7 Å². The molecule has 0 amide bonds. The van der Waals surface area contributed by atoms with Crippen LogP contribution in [0, 0.1) is 0 Å². The van der Waals surface area contributed by atoms with E-state index in [-0.39, 0.29) is 29.9 Å². The van der Waals surface area contributed by atoms with Gasteiger partial charge in [0, 0.05) is 35.6 Å². The number of fused-ring (bicyclic) bond motifs is 1. The van der Waals surface area contributed by atoms with E-state index in [4.69, 9.17) is 33.0 Å². The molecule has 11 heteroatoms. The van der Waals surface area contributed by atoms with Crippen LogP contribution in [-0.2, 0) is 21.1 Å². The van der Waals surface area contributed by atoms with Crippen molar-refractivity contribution in [1.82, 2.24) is 9.62 Å². The Bertz CT molecular complexity index is 1070. The molecule has 0 spiro atoms. The predicted octanol–water partition coefficient (Wildman–Crippen LogP) is 3.42. The number of halogens is 2. The highest BCUT2D eigenvalue weighted by Crippen LogP contribution is 2.38. The Morgan fingerprint density at radius 3 is 2.50 bits per heavy atom. The van der Waals surface area contributed by atoms with E-state index >= 15 is 0 Å². The van der Waals surface area contributed by atoms with Crippen molar-refractivity contribution >= 4 is 40.8 Å². The highest BCUT2D eigenvalue weighted by Gasteiger charge is 2.27. The molecule has 0 bridgehead atoms. The molecule has 3 rings (SSSR count). The standard InChI is InChI=1S/C19H23Cl2N2O5PS/c1-23-11-17(16-9-14(20)10-19(21)18(16)12-23)13-3-5-15(6-4-13)30(27,28)22-7-2-8-29(24,25)26/h3-6,9-10,17,22H,2,7-8,11-12H2,1H3,(H2,24,25,26). The van der Waals surface area contributed by atoms with Crippen LogP contribution in [0.15, 0.2) is 41.3 Å². The van der Waals surface area contributed by atoms with Gasteiger partial charge in [0.15, 0.2) is 0 Å². The number of sulfonamides is 1. The number of benzene rings is 2. The van der Waals surface area contributed by atoms with Crippen LogP contribution in [0.4, 0.5) is 0 Å². The fraction of sp³-hybridized carbons (Fsp3) is 0.368. The molecule has 2 aromatic carbocycles. The third-order valence-electron chi connectivity index (χ3n) is 5.00. The highest BCUT2D eigenvalue weighted by atomic mass is 35.5. The molecule has 7 nitrogen and oxygen atoms in total. The Labute approximate surface area is 186 Å². The van der Waals surface area contributed by atoms with E-state index in [1.165, 1.54) is 12.1 Å². The molecule has 164 valence electrons. The zero-order valence-electron chi connectivity index (χ0n) is 16.3. The highest BCUT2D eigenvalue weighted by molar-refractivity contribution is 7.89. The zero-order valence-corrected chi connectivity index (χ0v) is 19.5. The number of hydrogen-bond donors (Lipinski definition) is 3. The zero-order chi connectivity index (χ0) is 22.1. The number of rotatable bonds is 7. The lowest BCUT2D eigenvalue weighted by Gasteiger charge is -2.33. The predicted molar refractivity (Wildman–Crippen MR) is 118 cm³/mol. The average molecular weight is 493 g/mol. The normalized spacial score (nSPS) is 17.7. The first-order chi connectivity index (χ1) is 14.0. The van der Waals surface area contributed by atoms with Crippen LogP contribution < -0.4 is 4.72 Å².